The summed E-state index contributed by atoms with van der Waals surface area (Å²) in [5.74, 6) is 0. The van der Waals surface area contributed by atoms with E-state index in [9.17, 15) is 0 Å². The Kier molecular flexibility index (Phi) is 3.50. The Balaban J connectivity index is 3.04. The number of rotatable bonds is 3. The van der Waals surface area contributed by atoms with E-state index in [1.54, 1.807) is 0 Å². The minimum absolute atomic E-state index is 0.0149. The van der Waals surface area contributed by atoms with Crippen LogP contribution < -0.4 is 5.32 Å². The monoisotopic (exact) mass is 206 g/mol. The van der Waals surface area contributed by atoms with Crippen LogP contribution in [0.1, 0.15) is 44.6 Å². The van der Waals surface area contributed by atoms with Crippen molar-refractivity contribution in [1.82, 2.24) is 10.3 Å². The Hall–Kier alpha value is -0.890. The molecule has 1 N–H and O–H groups in total. The van der Waals surface area contributed by atoms with E-state index in [0.29, 0.717) is 6.04 Å². The van der Waals surface area contributed by atoms with E-state index in [2.05, 4.69) is 57.1 Å². The Morgan fingerprint density at radius 1 is 1.20 bits per heavy atom. The molecular formula is C13H22N2. The quantitative estimate of drug-likeness (QED) is 0.822. The number of nitrogens with one attached hydrogen (secondary N) is 1. The Bertz CT molecular complexity index is 340. The van der Waals surface area contributed by atoms with Crippen LogP contribution in [0.3, 0.4) is 0 Å². The van der Waals surface area contributed by atoms with Gasteiger partial charge in [-0.25, -0.2) is 0 Å². The fourth-order valence-corrected chi connectivity index (χ4v) is 2.15. The van der Waals surface area contributed by atoms with Gasteiger partial charge < -0.3 is 5.32 Å². The van der Waals surface area contributed by atoms with Gasteiger partial charge in [0.2, 0.25) is 0 Å². The third-order valence-corrected chi connectivity index (χ3v) is 2.55. The summed E-state index contributed by atoms with van der Waals surface area (Å²) in [6.07, 6.45) is 0. The van der Waals surface area contributed by atoms with E-state index < -0.39 is 0 Å². The van der Waals surface area contributed by atoms with Crippen molar-refractivity contribution in [2.45, 2.75) is 53.1 Å². The number of pyridine rings is 1. The molecule has 0 aliphatic heterocycles. The topological polar surface area (TPSA) is 24.9 Å². The molecule has 15 heavy (non-hydrogen) atoms. The minimum atomic E-state index is -0.0149. The molecule has 2 nitrogen and oxygen atoms in total. The van der Waals surface area contributed by atoms with Crippen LogP contribution >= 0.6 is 0 Å². The first-order chi connectivity index (χ1) is 6.83. The molecule has 0 bridgehead atoms. The first-order valence-corrected chi connectivity index (χ1v) is 5.55. The number of aryl methyl sites for hydroxylation is 2. The van der Waals surface area contributed by atoms with E-state index in [4.69, 9.17) is 0 Å². The van der Waals surface area contributed by atoms with Gasteiger partial charge in [-0.15, -0.1) is 0 Å². The summed E-state index contributed by atoms with van der Waals surface area (Å²) in [6.45, 7) is 12.8. The van der Waals surface area contributed by atoms with E-state index in [1.807, 2.05) is 6.92 Å². The fraction of sp³-hybridized carbons (Fsp3) is 0.615. The molecule has 0 amide bonds. The van der Waals surface area contributed by atoms with Crippen molar-refractivity contribution in [2.24, 2.45) is 0 Å². The van der Waals surface area contributed by atoms with Gasteiger partial charge in [-0.3, -0.25) is 4.98 Å². The van der Waals surface area contributed by atoms with Crippen molar-refractivity contribution in [3.63, 3.8) is 0 Å². The van der Waals surface area contributed by atoms with Crippen molar-refractivity contribution < 1.29 is 0 Å². The number of hydrogen-bond acceptors (Lipinski definition) is 2. The lowest BCUT2D eigenvalue weighted by Crippen LogP contribution is -2.41. The molecule has 0 unspecified atom stereocenters. The summed E-state index contributed by atoms with van der Waals surface area (Å²) >= 11 is 0. The lowest BCUT2D eigenvalue weighted by molar-refractivity contribution is 0.363. The highest BCUT2D eigenvalue weighted by Crippen LogP contribution is 2.23. The molecule has 0 fully saturated rings. The summed E-state index contributed by atoms with van der Waals surface area (Å²) in [5.41, 5.74) is 3.46. The molecule has 1 aromatic rings. The number of aromatic nitrogens is 1. The maximum Gasteiger partial charge on any atom is 0.0426 e. The predicted octanol–water partition coefficient (Wildman–Crippen LogP) is 2.93. The van der Waals surface area contributed by atoms with E-state index in [1.165, 1.54) is 5.56 Å². The zero-order chi connectivity index (χ0) is 11.6. The zero-order valence-corrected chi connectivity index (χ0v) is 10.7. The van der Waals surface area contributed by atoms with Crippen LogP contribution in [0.4, 0.5) is 0 Å². The summed E-state index contributed by atoms with van der Waals surface area (Å²) in [6, 6.07) is 4.72. The number of nitrogens with zero attached hydrogens (tertiary/aromatic N) is 1. The largest absolute Gasteiger partial charge is 0.306 e. The van der Waals surface area contributed by atoms with Crippen molar-refractivity contribution in [1.29, 1.82) is 0 Å². The van der Waals surface area contributed by atoms with Crippen LogP contribution in [0.25, 0.3) is 0 Å². The van der Waals surface area contributed by atoms with Gasteiger partial charge >= 0.3 is 0 Å². The molecule has 0 aromatic carbocycles. The van der Waals surface area contributed by atoms with Crippen molar-refractivity contribution in [3.8, 4) is 0 Å². The molecule has 2 heteroatoms. The second-order valence-corrected chi connectivity index (χ2v) is 5.01. The first kappa shape index (κ1) is 12.2. The predicted molar refractivity (Wildman–Crippen MR) is 65.0 cm³/mol. The number of hydrogen-bond donors (Lipinski definition) is 1. The second kappa shape index (κ2) is 4.31. The fourth-order valence-electron chi connectivity index (χ4n) is 2.15. The maximum atomic E-state index is 4.51. The third-order valence-electron chi connectivity index (χ3n) is 2.55. The van der Waals surface area contributed by atoms with Gasteiger partial charge in [-0.2, -0.15) is 0 Å². The molecule has 0 spiro atoms. The summed E-state index contributed by atoms with van der Waals surface area (Å²) < 4.78 is 0. The highest BCUT2D eigenvalue weighted by Gasteiger charge is 2.23. The van der Waals surface area contributed by atoms with Gasteiger partial charge in [0.25, 0.3) is 0 Å². The highest BCUT2D eigenvalue weighted by atomic mass is 15.0. The van der Waals surface area contributed by atoms with Crippen LogP contribution in [0, 0.1) is 13.8 Å². The van der Waals surface area contributed by atoms with Crippen LogP contribution in [0.2, 0.25) is 0 Å². The summed E-state index contributed by atoms with van der Waals surface area (Å²) in [7, 11) is 0. The molecule has 0 saturated heterocycles. The molecular weight excluding hydrogens is 184 g/mol. The van der Waals surface area contributed by atoms with Crippen LogP contribution in [-0.4, -0.2) is 11.0 Å². The highest BCUT2D eigenvalue weighted by molar-refractivity contribution is 5.28. The minimum Gasteiger partial charge on any atom is -0.306 e. The zero-order valence-electron chi connectivity index (χ0n) is 10.7. The third kappa shape index (κ3) is 3.03. The standard InChI is InChI=1S/C13H22N2/c1-9(2)15-13(5,6)12-8-7-10(3)14-11(12)4/h7-9,15H,1-6H3. The molecule has 0 atom stereocenters. The maximum absolute atomic E-state index is 4.51. The van der Waals surface area contributed by atoms with Gasteiger partial charge in [-0.1, -0.05) is 19.9 Å². The lowest BCUT2D eigenvalue weighted by atomic mass is 9.92. The van der Waals surface area contributed by atoms with Gasteiger partial charge in [0.15, 0.2) is 0 Å². The van der Waals surface area contributed by atoms with Gasteiger partial charge in [0, 0.05) is 23.0 Å². The van der Waals surface area contributed by atoms with Crippen molar-refractivity contribution in [3.05, 3.63) is 29.1 Å². The van der Waals surface area contributed by atoms with Crippen molar-refractivity contribution >= 4 is 0 Å². The van der Waals surface area contributed by atoms with Gasteiger partial charge in [0.05, 0.1) is 0 Å². The molecule has 1 heterocycles. The normalized spacial score (nSPS) is 12.2. The smallest absolute Gasteiger partial charge is 0.0426 e. The second-order valence-electron chi connectivity index (χ2n) is 5.01. The molecule has 0 aliphatic carbocycles. The van der Waals surface area contributed by atoms with Gasteiger partial charge in [0.1, 0.15) is 0 Å². The van der Waals surface area contributed by atoms with E-state index >= 15 is 0 Å². The van der Waals surface area contributed by atoms with Crippen LogP contribution in [-0.2, 0) is 5.54 Å². The Morgan fingerprint density at radius 2 is 1.80 bits per heavy atom. The van der Waals surface area contributed by atoms with Gasteiger partial charge in [-0.05, 0) is 39.3 Å². The molecule has 0 aliphatic rings. The molecule has 0 radical (unpaired) electrons. The van der Waals surface area contributed by atoms with Crippen molar-refractivity contribution in [2.75, 3.05) is 0 Å². The van der Waals surface area contributed by atoms with Crippen LogP contribution in [0.5, 0.6) is 0 Å². The average molecular weight is 206 g/mol. The average Bonchev–Trinajstić information content (AvgIpc) is 1.99. The first-order valence-electron chi connectivity index (χ1n) is 5.55. The molecule has 0 saturated carbocycles. The van der Waals surface area contributed by atoms with Crippen LogP contribution in [0.15, 0.2) is 12.1 Å². The molecule has 84 valence electrons. The summed E-state index contributed by atoms with van der Waals surface area (Å²) in [4.78, 5) is 4.51. The Morgan fingerprint density at radius 3 is 2.27 bits per heavy atom. The molecule has 1 rings (SSSR count). The molecule has 1 aromatic heterocycles. The van der Waals surface area contributed by atoms with E-state index in [0.717, 1.165) is 11.4 Å². The Labute approximate surface area is 93.1 Å². The SMILES string of the molecule is Cc1ccc(C(C)(C)NC(C)C)c(C)n1. The summed E-state index contributed by atoms with van der Waals surface area (Å²) in [5, 5.41) is 3.56. The lowest BCUT2D eigenvalue weighted by Gasteiger charge is -2.30. The van der Waals surface area contributed by atoms with E-state index in [-0.39, 0.29) is 5.54 Å².